The molecule has 5 nitrogen and oxygen atoms in total. The molecule has 0 unspecified atom stereocenters. The highest BCUT2D eigenvalue weighted by Crippen LogP contribution is 2.18. The highest BCUT2D eigenvalue weighted by molar-refractivity contribution is 9.10. The zero-order valence-electron chi connectivity index (χ0n) is 12.7. The third kappa shape index (κ3) is 4.82. The van der Waals surface area contributed by atoms with Gasteiger partial charge in [-0.05, 0) is 43.3 Å². The van der Waals surface area contributed by atoms with Gasteiger partial charge < -0.3 is 14.8 Å². The Labute approximate surface area is 142 Å². The minimum absolute atomic E-state index is 0.286. The van der Waals surface area contributed by atoms with Crippen LogP contribution in [0.15, 0.2) is 53.0 Å². The SMILES string of the molecule is COC(=O)c1cccc(O[C@@H](C)C(=O)Nc2cccc(Br)c2)c1. The fraction of sp³-hybridized carbons (Fsp3) is 0.176. The van der Waals surface area contributed by atoms with Crippen LogP contribution in [-0.2, 0) is 9.53 Å². The van der Waals surface area contributed by atoms with Crippen LogP contribution in [0.3, 0.4) is 0 Å². The van der Waals surface area contributed by atoms with Crippen LogP contribution in [-0.4, -0.2) is 25.1 Å². The van der Waals surface area contributed by atoms with Gasteiger partial charge in [0, 0.05) is 10.2 Å². The van der Waals surface area contributed by atoms with Crippen molar-refractivity contribution >= 4 is 33.5 Å². The van der Waals surface area contributed by atoms with E-state index >= 15 is 0 Å². The number of methoxy groups -OCH3 is 1. The highest BCUT2D eigenvalue weighted by Gasteiger charge is 2.16. The summed E-state index contributed by atoms with van der Waals surface area (Å²) < 4.78 is 11.1. The number of nitrogens with one attached hydrogen (secondary N) is 1. The number of ether oxygens (including phenoxy) is 2. The maximum Gasteiger partial charge on any atom is 0.337 e. The van der Waals surface area contributed by atoms with Crippen molar-refractivity contribution in [3.63, 3.8) is 0 Å². The van der Waals surface area contributed by atoms with Crippen LogP contribution >= 0.6 is 15.9 Å². The predicted octanol–water partition coefficient (Wildman–Crippen LogP) is 3.64. The van der Waals surface area contributed by atoms with Gasteiger partial charge in [0.15, 0.2) is 6.10 Å². The maximum atomic E-state index is 12.2. The molecular formula is C17H16BrNO4. The number of rotatable bonds is 5. The van der Waals surface area contributed by atoms with Gasteiger partial charge in [-0.1, -0.05) is 28.1 Å². The lowest BCUT2D eigenvalue weighted by molar-refractivity contribution is -0.122. The summed E-state index contributed by atoms with van der Waals surface area (Å²) in [6.07, 6.45) is -0.720. The number of amides is 1. The van der Waals surface area contributed by atoms with Crippen LogP contribution in [0.5, 0.6) is 5.75 Å². The largest absolute Gasteiger partial charge is 0.481 e. The molecular weight excluding hydrogens is 362 g/mol. The van der Waals surface area contributed by atoms with Crippen LogP contribution in [0.2, 0.25) is 0 Å². The third-order valence-corrected chi connectivity index (χ3v) is 3.52. The molecule has 2 aromatic carbocycles. The van der Waals surface area contributed by atoms with Crippen molar-refractivity contribution in [1.82, 2.24) is 0 Å². The van der Waals surface area contributed by atoms with Gasteiger partial charge in [-0.2, -0.15) is 0 Å². The molecule has 1 amide bonds. The molecule has 1 atom stereocenters. The lowest BCUT2D eigenvalue weighted by atomic mass is 10.2. The summed E-state index contributed by atoms with van der Waals surface area (Å²) in [5, 5.41) is 2.77. The van der Waals surface area contributed by atoms with Gasteiger partial charge in [0.25, 0.3) is 5.91 Å². The minimum atomic E-state index is -0.720. The van der Waals surface area contributed by atoms with Crippen LogP contribution in [0, 0.1) is 0 Å². The molecule has 0 aliphatic carbocycles. The van der Waals surface area contributed by atoms with Crippen LogP contribution < -0.4 is 10.1 Å². The van der Waals surface area contributed by atoms with Gasteiger partial charge in [-0.15, -0.1) is 0 Å². The molecule has 0 heterocycles. The molecule has 0 aromatic heterocycles. The fourth-order valence-corrected chi connectivity index (χ4v) is 2.28. The van der Waals surface area contributed by atoms with E-state index in [0.717, 1.165) is 4.47 Å². The van der Waals surface area contributed by atoms with E-state index in [-0.39, 0.29) is 5.91 Å². The maximum absolute atomic E-state index is 12.2. The number of hydrogen-bond donors (Lipinski definition) is 1. The molecule has 2 rings (SSSR count). The van der Waals surface area contributed by atoms with Gasteiger partial charge in [0.05, 0.1) is 12.7 Å². The monoisotopic (exact) mass is 377 g/mol. The standard InChI is InChI=1S/C17H16BrNO4/c1-11(16(20)19-14-7-4-6-13(18)10-14)23-15-8-3-5-12(9-15)17(21)22-2/h3-11H,1-2H3,(H,19,20)/t11-/m0/s1. The Morgan fingerprint density at radius 3 is 2.57 bits per heavy atom. The number of esters is 1. The lowest BCUT2D eigenvalue weighted by Crippen LogP contribution is -2.30. The van der Waals surface area contributed by atoms with E-state index < -0.39 is 12.1 Å². The Morgan fingerprint density at radius 1 is 1.13 bits per heavy atom. The van der Waals surface area contributed by atoms with Crippen LogP contribution in [0.4, 0.5) is 5.69 Å². The summed E-state index contributed by atoms with van der Waals surface area (Å²) in [6, 6.07) is 13.8. The van der Waals surface area contributed by atoms with Gasteiger partial charge in [-0.25, -0.2) is 4.79 Å². The van der Waals surface area contributed by atoms with E-state index in [1.54, 1.807) is 37.3 Å². The summed E-state index contributed by atoms with van der Waals surface area (Å²) >= 11 is 3.34. The molecule has 0 fully saturated rings. The Bertz CT molecular complexity index is 717. The first-order chi connectivity index (χ1) is 11.0. The number of carbonyl (C=O) groups excluding carboxylic acids is 2. The summed E-state index contributed by atoms with van der Waals surface area (Å²) in [4.78, 5) is 23.7. The van der Waals surface area contributed by atoms with Crippen molar-refractivity contribution in [2.45, 2.75) is 13.0 Å². The first-order valence-corrected chi connectivity index (χ1v) is 7.70. The van der Waals surface area contributed by atoms with Gasteiger partial charge in [0.2, 0.25) is 0 Å². The second-order valence-electron chi connectivity index (χ2n) is 4.78. The summed E-state index contributed by atoms with van der Waals surface area (Å²) in [7, 11) is 1.31. The smallest absolute Gasteiger partial charge is 0.337 e. The van der Waals surface area contributed by atoms with Crippen molar-refractivity contribution in [2.24, 2.45) is 0 Å². The molecule has 0 saturated heterocycles. The Balaban J connectivity index is 2.02. The number of halogens is 1. The zero-order chi connectivity index (χ0) is 16.8. The van der Waals surface area contributed by atoms with E-state index in [9.17, 15) is 9.59 Å². The number of anilines is 1. The van der Waals surface area contributed by atoms with Crippen molar-refractivity contribution in [3.8, 4) is 5.75 Å². The normalized spacial score (nSPS) is 11.4. The predicted molar refractivity (Wildman–Crippen MR) is 90.6 cm³/mol. The van der Waals surface area contributed by atoms with Gasteiger partial charge in [-0.3, -0.25) is 4.79 Å². The van der Waals surface area contributed by atoms with Gasteiger partial charge >= 0.3 is 5.97 Å². The second kappa shape index (κ2) is 7.78. The van der Waals surface area contributed by atoms with Crippen molar-refractivity contribution in [3.05, 3.63) is 58.6 Å². The number of hydrogen-bond acceptors (Lipinski definition) is 4. The summed E-state index contributed by atoms with van der Waals surface area (Å²) in [6.45, 7) is 1.64. The molecule has 0 aliphatic rings. The molecule has 0 bridgehead atoms. The molecule has 1 N–H and O–H groups in total. The molecule has 0 aliphatic heterocycles. The van der Waals surface area contributed by atoms with Crippen molar-refractivity contribution in [1.29, 1.82) is 0 Å². The molecule has 2 aromatic rings. The second-order valence-corrected chi connectivity index (χ2v) is 5.69. The zero-order valence-corrected chi connectivity index (χ0v) is 14.3. The van der Waals surface area contributed by atoms with E-state index in [1.807, 2.05) is 12.1 Å². The van der Waals surface area contributed by atoms with Gasteiger partial charge in [0.1, 0.15) is 5.75 Å². The topological polar surface area (TPSA) is 64.6 Å². The van der Waals surface area contributed by atoms with Crippen molar-refractivity contribution in [2.75, 3.05) is 12.4 Å². The summed E-state index contributed by atoms with van der Waals surface area (Å²) in [5.41, 5.74) is 1.03. The average molecular weight is 378 g/mol. The molecule has 0 radical (unpaired) electrons. The van der Waals surface area contributed by atoms with E-state index in [0.29, 0.717) is 17.0 Å². The van der Waals surface area contributed by atoms with Crippen molar-refractivity contribution < 1.29 is 19.1 Å². The Kier molecular flexibility index (Phi) is 5.76. The molecule has 0 spiro atoms. The average Bonchev–Trinajstić information content (AvgIpc) is 2.54. The van der Waals surface area contributed by atoms with E-state index in [4.69, 9.17) is 4.74 Å². The van der Waals surface area contributed by atoms with E-state index in [2.05, 4.69) is 26.0 Å². The molecule has 0 saturated carbocycles. The Morgan fingerprint density at radius 2 is 1.87 bits per heavy atom. The molecule has 120 valence electrons. The highest BCUT2D eigenvalue weighted by atomic mass is 79.9. The quantitative estimate of drug-likeness (QED) is 0.807. The van der Waals surface area contributed by atoms with E-state index in [1.165, 1.54) is 13.2 Å². The summed E-state index contributed by atoms with van der Waals surface area (Å²) in [5.74, 6) is -0.321. The Hall–Kier alpha value is -2.34. The third-order valence-electron chi connectivity index (χ3n) is 3.03. The fourth-order valence-electron chi connectivity index (χ4n) is 1.88. The number of benzene rings is 2. The first-order valence-electron chi connectivity index (χ1n) is 6.91. The number of carbonyl (C=O) groups is 2. The van der Waals surface area contributed by atoms with Crippen LogP contribution in [0.1, 0.15) is 17.3 Å². The van der Waals surface area contributed by atoms with Crippen LogP contribution in [0.25, 0.3) is 0 Å². The minimum Gasteiger partial charge on any atom is -0.481 e. The molecule has 6 heteroatoms. The lowest BCUT2D eigenvalue weighted by Gasteiger charge is -2.15. The molecule has 23 heavy (non-hydrogen) atoms. The first kappa shape index (κ1) is 17.0.